The molecule has 7 rings (SSSR count). The van der Waals surface area contributed by atoms with Crippen LogP contribution in [0, 0.1) is 11.3 Å². The normalized spacial score (nSPS) is 20.5. The van der Waals surface area contributed by atoms with Crippen molar-refractivity contribution in [2.75, 3.05) is 39.9 Å². The second-order valence-corrected chi connectivity index (χ2v) is 19.9. The van der Waals surface area contributed by atoms with Gasteiger partial charge in [-0.1, -0.05) is 54.6 Å². The third kappa shape index (κ3) is 13.2. The van der Waals surface area contributed by atoms with Gasteiger partial charge in [-0.05, 0) is 101 Å². The van der Waals surface area contributed by atoms with Crippen LogP contribution in [0.15, 0.2) is 91.5 Å². The standard InChI is InChI=1S/C53H67N8O11P/c1-34(2)61(35(3)4)73(69-30-12-29-54)72-47-44(31-68-53(37-13-10-9-11-14-37,38-16-22-41(65-6)23-17-38)39-18-24-42(66-7)25-19-39)71-51(48(47)67-8)60-33-57-46-49(55-32-56-50(46)60)59-52(64)58-40-20-26-43(27-21-40)70-45(63)28-15-36(5)62/h9-11,13-14,16-19,22-25,32-35,40,43-44,47-48,51H,12,15,20-21,26-28,30-31H2,1-8H3,(H2,55,56,58,59,64)/t40?,43?,44-,47-,48-,51-,73?/m1/s1. The zero-order valence-electron chi connectivity index (χ0n) is 42.8. The first kappa shape index (κ1) is 54.7. The summed E-state index contributed by atoms with van der Waals surface area (Å²) in [6.45, 7) is 9.84. The molecule has 1 aliphatic heterocycles. The smallest absolute Gasteiger partial charge is 0.320 e. The van der Waals surface area contributed by atoms with E-state index in [0.717, 1.165) is 16.7 Å². The number of carbonyl (C=O) groups is 3. The van der Waals surface area contributed by atoms with E-state index in [-0.39, 0.29) is 68.3 Å². The second-order valence-electron chi connectivity index (χ2n) is 18.5. The third-order valence-corrected chi connectivity index (χ3v) is 15.1. The number of hydrogen-bond acceptors (Lipinski definition) is 16. The lowest BCUT2D eigenvalue weighted by molar-refractivity contribution is -0.151. The molecule has 2 amide bonds. The molecule has 0 radical (unpaired) electrons. The number of carbonyl (C=O) groups excluding carboxylic acids is 3. The average molecular weight is 1020 g/mol. The van der Waals surface area contributed by atoms with Gasteiger partial charge < -0.3 is 47.6 Å². The maximum absolute atomic E-state index is 13.5. The van der Waals surface area contributed by atoms with Gasteiger partial charge in [-0.15, -0.1) is 0 Å². The summed E-state index contributed by atoms with van der Waals surface area (Å²) < 4.78 is 55.1. The van der Waals surface area contributed by atoms with Crippen LogP contribution in [0.2, 0.25) is 0 Å². The highest BCUT2D eigenvalue weighted by Crippen LogP contribution is 2.51. The van der Waals surface area contributed by atoms with E-state index in [1.165, 1.54) is 13.3 Å². The van der Waals surface area contributed by atoms with Crippen LogP contribution in [0.3, 0.4) is 0 Å². The molecule has 5 atom stereocenters. The van der Waals surface area contributed by atoms with Gasteiger partial charge in [0.1, 0.15) is 53.6 Å². The van der Waals surface area contributed by atoms with Gasteiger partial charge in [-0.2, -0.15) is 5.26 Å². The molecule has 3 heterocycles. The Labute approximate surface area is 428 Å². The summed E-state index contributed by atoms with van der Waals surface area (Å²) in [6.07, 6.45) is 2.03. The Morgan fingerprint density at radius 2 is 1.48 bits per heavy atom. The van der Waals surface area contributed by atoms with E-state index in [2.05, 4.69) is 59.0 Å². The minimum absolute atomic E-state index is 0.000582. The summed E-state index contributed by atoms with van der Waals surface area (Å²) in [4.78, 5) is 50.8. The van der Waals surface area contributed by atoms with Gasteiger partial charge >= 0.3 is 12.0 Å². The summed E-state index contributed by atoms with van der Waals surface area (Å²) in [5.74, 6) is 1.09. The Kier molecular flexibility index (Phi) is 19.3. The number of ether oxygens (including phenoxy) is 6. The van der Waals surface area contributed by atoms with Gasteiger partial charge in [-0.3, -0.25) is 14.7 Å². The van der Waals surface area contributed by atoms with Crippen molar-refractivity contribution in [3.63, 3.8) is 0 Å². The van der Waals surface area contributed by atoms with Crippen molar-refractivity contribution >= 4 is 43.3 Å². The summed E-state index contributed by atoms with van der Waals surface area (Å²) in [5, 5.41) is 15.4. The lowest BCUT2D eigenvalue weighted by atomic mass is 9.80. The number of ketones is 1. The number of rotatable bonds is 24. The van der Waals surface area contributed by atoms with Crippen molar-refractivity contribution in [3.8, 4) is 17.6 Å². The highest BCUT2D eigenvalue weighted by molar-refractivity contribution is 7.44. The molecule has 0 bridgehead atoms. The van der Waals surface area contributed by atoms with Crippen LogP contribution in [-0.2, 0) is 43.2 Å². The molecule has 2 aromatic heterocycles. The van der Waals surface area contributed by atoms with Crippen molar-refractivity contribution in [1.82, 2.24) is 29.5 Å². The number of methoxy groups -OCH3 is 3. The quantitative estimate of drug-likeness (QED) is 0.0255. The fourth-order valence-corrected chi connectivity index (χ4v) is 11.2. The fourth-order valence-electron chi connectivity index (χ4n) is 9.43. The number of amides is 2. The number of fused-ring (bicyclic) bond motifs is 1. The molecule has 73 heavy (non-hydrogen) atoms. The SMILES string of the molecule is COc1ccc(C(OC[C@H]2O[C@@H](n3cnc4c(NC(=O)NC5CCC(OC(=O)CCC(C)=O)CC5)ncnc43)[C@H](OC)[C@@H]2OP(OCCC#N)N(C(C)C)C(C)C)(c2ccccc2)c2ccc(OC)cc2)cc1. The topological polar surface area (TPSA) is 220 Å². The molecular formula is C53H67N8O11P. The number of Topliss-reactive ketones (excluding diaryl/α,β-unsaturated/α-hetero) is 1. The Bertz CT molecular complexity index is 2570. The molecule has 1 saturated heterocycles. The van der Waals surface area contributed by atoms with E-state index in [1.807, 2.05) is 78.9 Å². The molecule has 20 heteroatoms. The number of hydrogen-bond donors (Lipinski definition) is 2. The van der Waals surface area contributed by atoms with Crippen molar-refractivity contribution in [3.05, 3.63) is 108 Å². The molecule has 3 aromatic carbocycles. The number of benzene rings is 3. The minimum atomic E-state index is -1.81. The summed E-state index contributed by atoms with van der Waals surface area (Å²) >= 11 is 0. The first-order valence-electron chi connectivity index (χ1n) is 24.7. The first-order valence-corrected chi connectivity index (χ1v) is 25.8. The molecule has 2 aliphatic rings. The Morgan fingerprint density at radius 3 is 2.05 bits per heavy atom. The number of urea groups is 1. The lowest BCUT2D eigenvalue weighted by Crippen LogP contribution is -2.42. The predicted molar refractivity (Wildman–Crippen MR) is 273 cm³/mol. The van der Waals surface area contributed by atoms with Crippen molar-refractivity contribution < 1.29 is 51.9 Å². The third-order valence-electron chi connectivity index (χ3n) is 12.9. The Hall–Kier alpha value is -6.10. The van der Waals surface area contributed by atoms with Crippen LogP contribution >= 0.6 is 8.53 Å². The zero-order valence-corrected chi connectivity index (χ0v) is 43.7. The zero-order chi connectivity index (χ0) is 52.1. The molecule has 19 nitrogen and oxygen atoms in total. The second kappa shape index (κ2) is 25.7. The number of anilines is 1. The lowest BCUT2D eigenvalue weighted by Gasteiger charge is -2.39. The van der Waals surface area contributed by atoms with Crippen molar-refractivity contribution in [1.29, 1.82) is 5.26 Å². The van der Waals surface area contributed by atoms with E-state index in [0.29, 0.717) is 48.3 Å². The highest BCUT2D eigenvalue weighted by atomic mass is 31.2. The maximum Gasteiger partial charge on any atom is 0.320 e. The largest absolute Gasteiger partial charge is 0.497 e. The molecule has 2 fully saturated rings. The predicted octanol–water partition coefficient (Wildman–Crippen LogP) is 8.77. The Balaban J connectivity index is 1.21. The number of aromatic nitrogens is 4. The molecule has 1 saturated carbocycles. The summed E-state index contributed by atoms with van der Waals surface area (Å²) in [5.41, 5.74) is 1.96. The van der Waals surface area contributed by atoms with Gasteiger partial charge in [0.15, 0.2) is 23.2 Å². The maximum atomic E-state index is 13.5. The van der Waals surface area contributed by atoms with Gasteiger partial charge in [0.2, 0.25) is 0 Å². The van der Waals surface area contributed by atoms with Gasteiger partial charge in [0, 0.05) is 31.7 Å². The van der Waals surface area contributed by atoms with Crippen LogP contribution in [0.25, 0.3) is 11.2 Å². The van der Waals surface area contributed by atoms with E-state index in [4.69, 9.17) is 42.5 Å². The van der Waals surface area contributed by atoms with E-state index in [1.54, 1.807) is 32.2 Å². The van der Waals surface area contributed by atoms with Crippen LogP contribution in [-0.4, -0.2) is 119 Å². The Morgan fingerprint density at radius 1 is 0.849 bits per heavy atom. The average Bonchev–Trinajstić information content (AvgIpc) is 3.98. The van der Waals surface area contributed by atoms with Gasteiger partial charge in [-0.25, -0.2) is 24.4 Å². The van der Waals surface area contributed by atoms with Crippen LogP contribution in [0.4, 0.5) is 10.6 Å². The monoisotopic (exact) mass is 1020 g/mol. The van der Waals surface area contributed by atoms with Gasteiger partial charge in [0.25, 0.3) is 8.53 Å². The summed E-state index contributed by atoms with van der Waals surface area (Å²) in [6, 6.07) is 27.0. The van der Waals surface area contributed by atoms with E-state index >= 15 is 0 Å². The van der Waals surface area contributed by atoms with Crippen LogP contribution in [0.1, 0.15) is 102 Å². The number of nitrogens with zero attached hydrogens (tertiary/aromatic N) is 6. The molecule has 1 unspecified atom stereocenters. The van der Waals surface area contributed by atoms with Crippen LogP contribution in [0.5, 0.6) is 11.5 Å². The summed E-state index contributed by atoms with van der Waals surface area (Å²) in [7, 11) is 3.03. The number of imidazole rings is 1. The molecule has 2 N–H and O–H groups in total. The van der Waals surface area contributed by atoms with Crippen LogP contribution < -0.4 is 20.1 Å². The molecule has 5 aromatic rings. The van der Waals surface area contributed by atoms with Crippen molar-refractivity contribution in [2.24, 2.45) is 0 Å². The fraction of sp³-hybridized carbons (Fsp3) is 0.491. The molecule has 1 aliphatic carbocycles. The highest BCUT2D eigenvalue weighted by Gasteiger charge is 2.51. The van der Waals surface area contributed by atoms with E-state index in [9.17, 15) is 19.6 Å². The van der Waals surface area contributed by atoms with Gasteiger partial charge in [0.05, 0.1) is 52.7 Å². The molecule has 0 spiro atoms. The number of esters is 1. The number of nitrogens with one attached hydrogen (secondary N) is 2. The number of nitriles is 1. The van der Waals surface area contributed by atoms with E-state index < -0.39 is 50.7 Å². The minimum Gasteiger partial charge on any atom is -0.497 e. The molecular weight excluding hydrogens is 956 g/mol. The molecule has 390 valence electrons. The first-order chi connectivity index (χ1) is 35.3. The van der Waals surface area contributed by atoms with Crippen molar-refractivity contribution in [2.45, 2.75) is 134 Å².